The first-order valence-corrected chi connectivity index (χ1v) is 5.24. The third kappa shape index (κ3) is 3.92. The van der Waals surface area contributed by atoms with Gasteiger partial charge in [0, 0.05) is 11.5 Å². The van der Waals surface area contributed by atoms with Gasteiger partial charge in [0.2, 0.25) is 0 Å². The number of esters is 1. The summed E-state index contributed by atoms with van der Waals surface area (Å²) in [4.78, 5) is 13.9. The van der Waals surface area contributed by atoms with Crippen molar-refractivity contribution in [3.05, 3.63) is 51.7 Å². The van der Waals surface area contributed by atoms with E-state index in [4.69, 9.17) is 5.53 Å². The lowest BCUT2D eigenvalue weighted by Gasteiger charge is -2.02. The molecule has 0 fully saturated rings. The Morgan fingerprint density at radius 3 is 3.06 bits per heavy atom. The molecule has 6 heteroatoms. The van der Waals surface area contributed by atoms with Crippen molar-refractivity contribution in [2.45, 2.75) is 6.42 Å². The maximum Gasteiger partial charge on any atom is 0.340 e. The molecular weight excluding hydrogens is 237 g/mol. The first-order valence-electron chi connectivity index (χ1n) is 5.24. The van der Waals surface area contributed by atoms with Gasteiger partial charge in [-0.05, 0) is 29.6 Å². The van der Waals surface area contributed by atoms with Gasteiger partial charge in [-0.25, -0.2) is 9.18 Å². The molecule has 18 heavy (non-hydrogen) atoms. The van der Waals surface area contributed by atoms with Gasteiger partial charge in [0.1, 0.15) is 5.82 Å². The second-order valence-electron chi connectivity index (χ2n) is 3.38. The normalized spacial score (nSPS) is 10.1. The minimum absolute atomic E-state index is 0.102. The van der Waals surface area contributed by atoms with Crippen LogP contribution in [-0.2, 0) is 4.74 Å². The Labute approximate surface area is 104 Å². The fourth-order valence-electron chi connectivity index (χ4n) is 1.31. The molecule has 0 atom stereocenters. The number of nitrogens with zero attached hydrogens (tertiary/aromatic N) is 3. The van der Waals surface area contributed by atoms with E-state index in [1.807, 2.05) is 0 Å². The van der Waals surface area contributed by atoms with Crippen LogP contribution >= 0.6 is 0 Å². The van der Waals surface area contributed by atoms with E-state index in [0.717, 1.165) is 0 Å². The largest absolute Gasteiger partial charge is 0.465 e. The van der Waals surface area contributed by atoms with Crippen molar-refractivity contribution in [2.75, 3.05) is 13.7 Å². The number of ether oxygens (including phenoxy) is 1. The third-order valence-electron chi connectivity index (χ3n) is 2.17. The highest BCUT2D eigenvalue weighted by Crippen LogP contribution is 2.13. The first-order chi connectivity index (χ1) is 8.69. The number of halogens is 1. The molecule has 0 saturated heterocycles. The quantitative estimate of drug-likeness (QED) is 0.264. The van der Waals surface area contributed by atoms with Gasteiger partial charge in [-0.3, -0.25) is 0 Å². The zero-order valence-electron chi connectivity index (χ0n) is 9.84. The highest BCUT2D eigenvalue weighted by molar-refractivity contribution is 5.90. The molecule has 0 N–H and O–H groups in total. The van der Waals surface area contributed by atoms with Gasteiger partial charge in [-0.1, -0.05) is 23.3 Å². The van der Waals surface area contributed by atoms with E-state index in [2.05, 4.69) is 14.8 Å². The van der Waals surface area contributed by atoms with Crippen LogP contribution in [0, 0.1) is 5.82 Å². The predicted molar refractivity (Wildman–Crippen MR) is 65.4 cm³/mol. The molecule has 94 valence electrons. The first kappa shape index (κ1) is 13.7. The van der Waals surface area contributed by atoms with Gasteiger partial charge in [0.05, 0.1) is 12.7 Å². The van der Waals surface area contributed by atoms with E-state index in [1.165, 1.54) is 19.2 Å². The number of benzene rings is 1. The second-order valence-corrected chi connectivity index (χ2v) is 3.38. The fraction of sp³-hybridized carbons (Fsp3) is 0.250. The average molecular weight is 249 g/mol. The molecule has 1 aromatic carbocycles. The van der Waals surface area contributed by atoms with Gasteiger partial charge in [0.25, 0.3) is 0 Å². The maximum absolute atomic E-state index is 13.3. The van der Waals surface area contributed by atoms with Gasteiger partial charge in [-0.2, -0.15) is 0 Å². The van der Waals surface area contributed by atoms with Crippen LogP contribution in [0.25, 0.3) is 16.5 Å². The van der Waals surface area contributed by atoms with Crippen molar-refractivity contribution in [1.29, 1.82) is 0 Å². The van der Waals surface area contributed by atoms with E-state index in [-0.39, 0.29) is 5.56 Å². The van der Waals surface area contributed by atoms with E-state index >= 15 is 0 Å². The fourth-order valence-corrected chi connectivity index (χ4v) is 1.31. The van der Waals surface area contributed by atoms with Gasteiger partial charge in [-0.15, -0.1) is 0 Å². The van der Waals surface area contributed by atoms with E-state index in [1.54, 1.807) is 18.2 Å². The number of methoxy groups -OCH3 is 1. The molecule has 1 aromatic rings. The molecule has 0 aliphatic carbocycles. The van der Waals surface area contributed by atoms with Crippen LogP contribution in [0.15, 0.2) is 29.4 Å². The van der Waals surface area contributed by atoms with E-state index in [0.29, 0.717) is 18.5 Å². The highest BCUT2D eigenvalue weighted by Gasteiger charge is 2.11. The summed E-state index contributed by atoms with van der Waals surface area (Å²) in [6, 6.07) is 4.16. The van der Waals surface area contributed by atoms with Gasteiger partial charge < -0.3 is 4.74 Å². The average Bonchev–Trinajstić information content (AvgIpc) is 2.39. The summed E-state index contributed by atoms with van der Waals surface area (Å²) in [5.74, 6) is -1.33. The molecule has 0 aliphatic heterocycles. The lowest BCUT2D eigenvalue weighted by molar-refractivity contribution is 0.0595. The van der Waals surface area contributed by atoms with Crippen LogP contribution in [0.3, 0.4) is 0 Å². The van der Waals surface area contributed by atoms with Crippen molar-refractivity contribution >= 4 is 12.0 Å². The predicted octanol–water partition coefficient (Wildman–Crippen LogP) is 3.33. The molecular formula is C12H12FN3O2. The lowest BCUT2D eigenvalue weighted by atomic mass is 10.1. The molecule has 0 saturated carbocycles. The molecule has 0 aliphatic rings. The summed E-state index contributed by atoms with van der Waals surface area (Å²) >= 11 is 0. The Morgan fingerprint density at radius 2 is 2.39 bits per heavy atom. The van der Waals surface area contributed by atoms with Crippen molar-refractivity contribution in [1.82, 2.24) is 0 Å². The Kier molecular flexibility index (Phi) is 5.41. The van der Waals surface area contributed by atoms with Crippen LogP contribution in [0.5, 0.6) is 0 Å². The molecule has 0 heterocycles. The highest BCUT2D eigenvalue weighted by atomic mass is 19.1. The van der Waals surface area contributed by atoms with Crippen LogP contribution in [0.4, 0.5) is 4.39 Å². The molecule has 0 aromatic heterocycles. The Morgan fingerprint density at radius 1 is 1.61 bits per heavy atom. The number of azide groups is 1. The molecule has 0 amide bonds. The monoisotopic (exact) mass is 249 g/mol. The summed E-state index contributed by atoms with van der Waals surface area (Å²) in [5.41, 5.74) is 8.66. The number of hydrogen-bond acceptors (Lipinski definition) is 3. The molecule has 0 bridgehead atoms. The molecule has 0 radical (unpaired) electrons. The van der Waals surface area contributed by atoms with Crippen LogP contribution in [0.2, 0.25) is 0 Å². The third-order valence-corrected chi connectivity index (χ3v) is 2.17. The Hall–Kier alpha value is -2.33. The lowest BCUT2D eigenvalue weighted by Crippen LogP contribution is -2.04. The van der Waals surface area contributed by atoms with Crippen molar-refractivity contribution in [3.63, 3.8) is 0 Å². The summed E-state index contributed by atoms with van der Waals surface area (Å²) in [7, 11) is 1.20. The summed E-state index contributed by atoms with van der Waals surface area (Å²) in [6.07, 6.45) is 4.08. The molecule has 0 spiro atoms. The maximum atomic E-state index is 13.3. The second kappa shape index (κ2) is 7.09. The molecule has 1 rings (SSSR count). The number of hydrogen-bond donors (Lipinski definition) is 0. The van der Waals surface area contributed by atoms with E-state index < -0.39 is 11.8 Å². The summed E-state index contributed by atoms with van der Waals surface area (Å²) < 4.78 is 17.8. The van der Waals surface area contributed by atoms with E-state index in [9.17, 15) is 9.18 Å². The van der Waals surface area contributed by atoms with Crippen LogP contribution < -0.4 is 0 Å². The van der Waals surface area contributed by atoms with Crippen molar-refractivity contribution in [2.24, 2.45) is 5.11 Å². The minimum Gasteiger partial charge on any atom is -0.465 e. The standard InChI is InChI=1S/C12H12FN3O2/c1-18-12(17)10-8-9(5-6-11(10)13)4-2-3-7-15-16-14/h2,4-6,8H,3,7H2,1H3. The molecule has 5 nitrogen and oxygen atoms in total. The molecule has 0 unspecified atom stereocenters. The zero-order chi connectivity index (χ0) is 13.4. The van der Waals surface area contributed by atoms with Crippen molar-refractivity contribution in [3.8, 4) is 0 Å². The van der Waals surface area contributed by atoms with Crippen LogP contribution in [0.1, 0.15) is 22.3 Å². The Bertz CT molecular complexity index is 508. The van der Waals surface area contributed by atoms with Crippen molar-refractivity contribution < 1.29 is 13.9 Å². The smallest absolute Gasteiger partial charge is 0.340 e. The number of carbonyl (C=O) groups is 1. The van der Waals surface area contributed by atoms with Gasteiger partial charge >= 0.3 is 5.97 Å². The number of carbonyl (C=O) groups excluding carboxylic acids is 1. The minimum atomic E-state index is -0.711. The van der Waals surface area contributed by atoms with Gasteiger partial charge in [0.15, 0.2) is 0 Å². The number of rotatable bonds is 5. The SMILES string of the molecule is COC(=O)c1cc(C=CCCN=[N+]=[N-])ccc1F. The summed E-state index contributed by atoms with van der Waals surface area (Å²) in [6.45, 7) is 0.359. The summed E-state index contributed by atoms with van der Waals surface area (Å²) in [5, 5.41) is 3.37. The Balaban J connectivity index is 2.78. The zero-order valence-corrected chi connectivity index (χ0v) is 9.84. The topological polar surface area (TPSA) is 75.1 Å². The van der Waals surface area contributed by atoms with Crippen LogP contribution in [-0.4, -0.2) is 19.6 Å².